The molecule has 0 radical (unpaired) electrons. The molecule has 0 aromatic heterocycles. The van der Waals surface area contributed by atoms with Gasteiger partial charge in [-0.1, -0.05) is 26.0 Å². The summed E-state index contributed by atoms with van der Waals surface area (Å²) in [6, 6.07) is 8.13. The van der Waals surface area contributed by atoms with Gasteiger partial charge >= 0.3 is 6.03 Å². The van der Waals surface area contributed by atoms with E-state index in [9.17, 15) is 4.79 Å². The number of urea groups is 1. The summed E-state index contributed by atoms with van der Waals surface area (Å²) in [5.74, 6) is 0.517. The van der Waals surface area contributed by atoms with Crippen molar-refractivity contribution in [1.82, 2.24) is 10.2 Å². The molecule has 0 spiro atoms. The Morgan fingerprint density at radius 1 is 1.18 bits per heavy atom. The number of carbonyl (C=O) groups is 1. The summed E-state index contributed by atoms with van der Waals surface area (Å²) in [7, 11) is 5.82. The van der Waals surface area contributed by atoms with Crippen molar-refractivity contribution in [2.24, 2.45) is 5.92 Å². The van der Waals surface area contributed by atoms with E-state index in [0.717, 1.165) is 17.9 Å². The van der Waals surface area contributed by atoms with Gasteiger partial charge in [0, 0.05) is 46.5 Å². The Morgan fingerprint density at radius 2 is 1.82 bits per heavy atom. The molecule has 1 rings (SSSR count). The van der Waals surface area contributed by atoms with Crippen LogP contribution in [0, 0.1) is 5.92 Å². The molecule has 2 amide bonds. The Labute approximate surface area is 134 Å². The van der Waals surface area contributed by atoms with E-state index in [-0.39, 0.29) is 6.03 Å². The molecule has 0 fully saturated rings. The Balaban J connectivity index is 2.31. The topological polar surface area (TPSA) is 44.8 Å². The number of ether oxygens (including phenoxy) is 1. The maximum absolute atomic E-state index is 12.0. The molecule has 0 bridgehead atoms. The van der Waals surface area contributed by atoms with E-state index in [0.29, 0.717) is 25.6 Å². The van der Waals surface area contributed by atoms with Crippen molar-refractivity contribution in [2.45, 2.75) is 20.4 Å². The van der Waals surface area contributed by atoms with Gasteiger partial charge in [0.1, 0.15) is 0 Å². The second kappa shape index (κ2) is 9.30. The number of hydrogen-bond acceptors (Lipinski definition) is 3. The molecule has 22 heavy (non-hydrogen) atoms. The lowest BCUT2D eigenvalue weighted by Crippen LogP contribution is -2.38. The van der Waals surface area contributed by atoms with Crippen LogP contribution in [0.4, 0.5) is 10.5 Å². The summed E-state index contributed by atoms with van der Waals surface area (Å²) in [5, 5.41) is 2.86. The smallest absolute Gasteiger partial charge is 0.317 e. The maximum Gasteiger partial charge on any atom is 0.317 e. The van der Waals surface area contributed by atoms with Crippen LogP contribution in [0.1, 0.15) is 19.4 Å². The van der Waals surface area contributed by atoms with Gasteiger partial charge in [-0.25, -0.2) is 4.79 Å². The summed E-state index contributed by atoms with van der Waals surface area (Å²) < 4.78 is 5.44. The summed E-state index contributed by atoms with van der Waals surface area (Å²) >= 11 is 0. The van der Waals surface area contributed by atoms with Gasteiger partial charge in [-0.05, 0) is 23.6 Å². The average molecular weight is 307 g/mol. The highest BCUT2D eigenvalue weighted by atomic mass is 16.5. The molecule has 0 aliphatic heterocycles. The number of nitrogens with one attached hydrogen (secondary N) is 1. The van der Waals surface area contributed by atoms with Crippen molar-refractivity contribution in [3.8, 4) is 0 Å². The first-order valence-electron chi connectivity index (χ1n) is 7.73. The number of nitrogens with zero attached hydrogens (tertiary/aromatic N) is 2. The van der Waals surface area contributed by atoms with Crippen molar-refractivity contribution >= 4 is 11.7 Å². The zero-order valence-corrected chi connectivity index (χ0v) is 14.4. The summed E-state index contributed by atoms with van der Waals surface area (Å²) in [4.78, 5) is 15.7. The van der Waals surface area contributed by atoms with Crippen molar-refractivity contribution in [3.05, 3.63) is 29.8 Å². The zero-order valence-electron chi connectivity index (χ0n) is 14.4. The monoisotopic (exact) mass is 307 g/mol. The van der Waals surface area contributed by atoms with Gasteiger partial charge in [-0.15, -0.1) is 0 Å². The molecule has 0 saturated heterocycles. The maximum atomic E-state index is 12.0. The van der Waals surface area contributed by atoms with E-state index in [1.807, 2.05) is 26.2 Å². The lowest BCUT2D eigenvalue weighted by molar-refractivity contribution is 0.111. The number of rotatable bonds is 8. The SMILES string of the molecule is CC(C)COCCNC(=O)N(C)Cc1ccc(N(C)C)cc1. The van der Waals surface area contributed by atoms with Crippen LogP contribution in [0.3, 0.4) is 0 Å². The fourth-order valence-electron chi connectivity index (χ4n) is 1.93. The molecule has 0 heterocycles. The van der Waals surface area contributed by atoms with E-state index in [4.69, 9.17) is 4.74 Å². The highest BCUT2D eigenvalue weighted by molar-refractivity contribution is 5.73. The summed E-state index contributed by atoms with van der Waals surface area (Å²) in [6.45, 7) is 6.61. The molecule has 5 nitrogen and oxygen atoms in total. The minimum absolute atomic E-state index is 0.0789. The van der Waals surface area contributed by atoms with Crippen LogP contribution in [0.2, 0.25) is 0 Å². The Hall–Kier alpha value is -1.75. The molecule has 0 aliphatic carbocycles. The quantitative estimate of drug-likeness (QED) is 0.751. The van der Waals surface area contributed by atoms with Crippen LogP contribution in [0.15, 0.2) is 24.3 Å². The van der Waals surface area contributed by atoms with Crippen molar-refractivity contribution < 1.29 is 9.53 Å². The molecule has 0 atom stereocenters. The van der Waals surface area contributed by atoms with Gasteiger partial charge in [0.2, 0.25) is 0 Å². The standard InChI is InChI=1S/C17H29N3O2/c1-14(2)13-22-11-10-18-17(21)20(5)12-15-6-8-16(9-7-15)19(3)4/h6-9,14H,10-13H2,1-5H3,(H,18,21). The van der Waals surface area contributed by atoms with E-state index >= 15 is 0 Å². The number of carbonyl (C=O) groups excluding carboxylic acids is 1. The van der Waals surface area contributed by atoms with E-state index < -0.39 is 0 Å². The highest BCUT2D eigenvalue weighted by Gasteiger charge is 2.08. The Kier molecular flexibility index (Phi) is 7.74. The molecule has 5 heteroatoms. The first kappa shape index (κ1) is 18.3. The van der Waals surface area contributed by atoms with Crippen molar-refractivity contribution in [3.63, 3.8) is 0 Å². The van der Waals surface area contributed by atoms with Crippen LogP contribution in [-0.2, 0) is 11.3 Å². The molecule has 1 aromatic rings. The predicted molar refractivity (Wildman–Crippen MR) is 91.3 cm³/mol. The molecule has 124 valence electrons. The first-order valence-corrected chi connectivity index (χ1v) is 7.73. The van der Waals surface area contributed by atoms with Crippen molar-refractivity contribution in [1.29, 1.82) is 0 Å². The molecule has 0 saturated carbocycles. The fraction of sp³-hybridized carbons (Fsp3) is 0.588. The number of amides is 2. The van der Waals surface area contributed by atoms with Crippen LogP contribution < -0.4 is 10.2 Å². The predicted octanol–water partition coefficient (Wildman–Crippen LogP) is 2.57. The molecular weight excluding hydrogens is 278 g/mol. The number of anilines is 1. The van der Waals surface area contributed by atoms with Crippen LogP contribution >= 0.6 is 0 Å². The van der Waals surface area contributed by atoms with Gasteiger partial charge in [0.05, 0.1) is 6.61 Å². The van der Waals surface area contributed by atoms with Gasteiger partial charge in [0.15, 0.2) is 0 Å². The van der Waals surface area contributed by atoms with Crippen LogP contribution in [0.5, 0.6) is 0 Å². The Morgan fingerprint density at radius 3 is 2.36 bits per heavy atom. The third kappa shape index (κ3) is 6.80. The highest BCUT2D eigenvalue weighted by Crippen LogP contribution is 2.13. The lowest BCUT2D eigenvalue weighted by atomic mass is 10.2. The van der Waals surface area contributed by atoms with Gasteiger partial charge in [-0.2, -0.15) is 0 Å². The average Bonchev–Trinajstić information content (AvgIpc) is 2.46. The van der Waals surface area contributed by atoms with E-state index in [1.165, 1.54) is 0 Å². The third-order valence-electron chi connectivity index (χ3n) is 3.19. The molecule has 1 N–H and O–H groups in total. The summed E-state index contributed by atoms with van der Waals surface area (Å²) in [6.07, 6.45) is 0. The minimum Gasteiger partial charge on any atom is -0.379 e. The minimum atomic E-state index is -0.0789. The van der Waals surface area contributed by atoms with E-state index in [2.05, 4.69) is 36.2 Å². The number of benzene rings is 1. The molecular formula is C17H29N3O2. The molecule has 1 aromatic carbocycles. The van der Waals surface area contributed by atoms with Gasteiger partial charge in [-0.3, -0.25) is 0 Å². The molecule has 0 unspecified atom stereocenters. The second-order valence-electron chi connectivity index (χ2n) is 6.12. The molecule has 0 aliphatic rings. The van der Waals surface area contributed by atoms with Gasteiger partial charge < -0.3 is 19.9 Å². The van der Waals surface area contributed by atoms with Crippen LogP contribution in [0.25, 0.3) is 0 Å². The Bertz CT molecular complexity index is 444. The van der Waals surface area contributed by atoms with Crippen LogP contribution in [-0.4, -0.2) is 51.8 Å². The second-order valence-corrected chi connectivity index (χ2v) is 6.12. The largest absolute Gasteiger partial charge is 0.379 e. The first-order chi connectivity index (χ1) is 10.4. The summed E-state index contributed by atoms with van der Waals surface area (Å²) in [5.41, 5.74) is 2.26. The normalized spacial score (nSPS) is 10.6. The van der Waals surface area contributed by atoms with Crippen molar-refractivity contribution in [2.75, 3.05) is 45.8 Å². The fourth-order valence-corrected chi connectivity index (χ4v) is 1.93. The van der Waals surface area contributed by atoms with Gasteiger partial charge in [0.25, 0.3) is 0 Å². The third-order valence-corrected chi connectivity index (χ3v) is 3.19. The zero-order chi connectivity index (χ0) is 16.5. The van der Waals surface area contributed by atoms with E-state index in [1.54, 1.807) is 11.9 Å². The number of hydrogen-bond donors (Lipinski definition) is 1. The lowest BCUT2D eigenvalue weighted by Gasteiger charge is -2.19.